The Morgan fingerprint density at radius 2 is 2.25 bits per heavy atom. The van der Waals surface area contributed by atoms with Crippen molar-refractivity contribution in [3.05, 3.63) is 23.8 Å². The van der Waals surface area contributed by atoms with Crippen LogP contribution in [0.25, 0.3) is 0 Å². The normalized spacial score (nSPS) is 28.1. The number of rotatable bonds is 2. The van der Waals surface area contributed by atoms with Gasteiger partial charge in [-0.1, -0.05) is 11.8 Å². The van der Waals surface area contributed by atoms with Gasteiger partial charge < -0.3 is 20.9 Å². The van der Waals surface area contributed by atoms with Gasteiger partial charge in [-0.05, 0) is 18.2 Å². The van der Waals surface area contributed by atoms with E-state index in [4.69, 9.17) is 10.5 Å². The molecule has 20 heavy (non-hydrogen) atoms. The smallest absolute Gasteiger partial charge is 0.265 e. The third kappa shape index (κ3) is 1.61. The number of aliphatic imine (C=N–C) groups is 1. The second-order valence-corrected chi connectivity index (χ2v) is 5.54. The monoisotopic (exact) mass is 293 g/mol. The number of anilines is 1. The number of thioether (sulfide) groups is 1. The molecule has 0 radical (unpaired) electrons. The summed E-state index contributed by atoms with van der Waals surface area (Å²) in [5, 5.41) is 12.3. The molecule has 1 aromatic rings. The van der Waals surface area contributed by atoms with Crippen molar-refractivity contribution in [2.75, 3.05) is 12.4 Å². The zero-order valence-corrected chi connectivity index (χ0v) is 11.2. The van der Waals surface area contributed by atoms with Crippen LogP contribution in [0.4, 0.5) is 5.69 Å². The Labute approximate surface area is 118 Å². The molecule has 2 amide bonds. The van der Waals surface area contributed by atoms with Gasteiger partial charge in [-0.25, -0.2) is 0 Å². The topological polar surface area (TPSA) is 114 Å². The van der Waals surface area contributed by atoms with Gasteiger partial charge >= 0.3 is 0 Å². The van der Waals surface area contributed by atoms with Crippen molar-refractivity contribution < 1.29 is 19.4 Å². The van der Waals surface area contributed by atoms with Crippen LogP contribution in [0, 0.1) is 0 Å². The Balaban J connectivity index is 2.11. The first-order chi connectivity index (χ1) is 9.46. The molecule has 1 aromatic carbocycles. The van der Waals surface area contributed by atoms with E-state index < -0.39 is 22.7 Å². The minimum absolute atomic E-state index is 0.0394. The Bertz CT molecular complexity index is 660. The Hall–Kier alpha value is -2.06. The molecule has 2 atom stereocenters. The average molecular weight is 293 g/mol. The van der Waals surface area contributed by atoms with E-state index in [0.717, 1.165) is 11.8 Å². The van der Waals surface area contributed by atoms with Crippen molar-refractivity contribution in [3.8, 4) is 5.75 Å². The molecule has 0 unspecified atom stereocenters. The van der Waals surface area contributed by atoms with E-state index in [1.807, 2.05) is 0 Å². The average Bonchev–Trinajstić information content (AvgIpc) is 2.88. The van der Waals surface area contributed by atoms with Gasteiger partial charge in [0.15, 0.2) is 10.8 Å². The first-order valence-electron chi connectivity index (χ1n) is 5.74. The van der Waals surface area contributed by atoms with Gasteiger partial charge in [-0.3, -0.25) is 9.59 Å². The Kier molecular flexibility index (Phi) is 2.73. The predicted molar refractivity (Wildman–Crippen MR) is 73.5 cm³/mol. The van der Waals surface area contributed by atoms with Crippen LogP contribution in [0.2, 0.25) is 0 Å². The number of benzene rings is 1. The Morgan fingerprint density at radius 3 is 2.85 bits per heavy atom. The van der Waals surface area contributed by atoms with E-state index >= 15 is 0 Å². The first kappa shape index (κ1) is 12.9. The molecule has 2 heterocycles. The van der Waals surface area contributed by atoms with Crippen molar-refractivity contribution in [2.45, 2.75) is 10.9 Å². The third-order valence-electron chi connectivity index (χ3n) is 3.29. The number of methoxy groups -OCH3 is 1. The zero-order valence-electron chi connectivity index (χ0n) is 10.4. The molecule has 0 fully saturated rings. The molecule has 0 aromatic heterocycles. The number of aliphatic hydroxyl groups is 1. The third-order valence-corrected chi connectivity index (χ3v) is 4.41. The van der Waals surface area contributed by atoms with E-state index in [9.17, 15) is 14.7 Å². The number of nitrogens with one attached hydrogen (secondary N) is 1. The van der Waals surface area contributed by atoms with Gasteiger partial charge in [-0.15, -0.1) is 0 Å². The summed E-state index contributed by atoms with van der Waals surface area (Å²) in [4.78, 5) is 27.5. The molecule has 2 aliphatic heterocycles. The molecular formula is C12H11N3O4S. The number of amidine groups is 1. The van der Waals surface area contributed by atoms with Gasteiger partial charge in [0.2, 0.25) is 0 Å². The maximum absolute atomic E-state index is 12.1. The maximum Gasteiger partial charge on any atom is 0.265 e. The Morgan fingerprint density at radius 1 is 1.50 bits per heavy atom. The van der Waals surface area contributed by atoms with Crippen molar-refractivity contribution in [1.29, 1.82) is 0 Å². The number of carbonyl (C=O) groups is 2. The molecule has 0 saturated carbocycles. The van der Waals surface area contributed by atoms with E-state index in [1.54, 1.807) is 12.1 Å². The largest absolute Gasteiger partial charge is 0.497 e. The summed E-state index contributed by atoms with van der Waals surface area (Å²) in [5.41, 5.74) is 4.22. The fraction of sp³-hybridized carbons (Fsp3) is 0.250. The van der Waals surface area contributed by atoms with Crippen LogP contribution in [0.5, 0.6) is 5.75 Å². The van der Waals surface area contributed by atoms with Crippen molar-refractivity contribution >= 4 is 34.4 Å². The molecule has 4 N–H and O–H groups in total. The highest BCUT2D eigenvalue weighted by molar-refractivity contribution is 8.15. The molecule has 3 rings (SSSR count). The molecular weight excluding hydrogens is 282 g/mol. The highest BCUT2D eigenvalue weighted by atomic mass is 32.2. The van der Waals surface area contributed by atoms with E-state index in [0.29, 0.717) is 11.4 Å². The molecule has 0 bridgehead atoms. The summed E-state index contributed by atoms with van der Waals surface area (Å²) in [6.45, 7) is 0. The second-order valence-electron chi connectivity index (χ2n) is 4.42. The van der Waals surface area contributed by atoms with Crippen LogP contribution in [0.1, 0.15) is 5.56 Å². The number of hydrogen-bond donors (Lipinski definition) is 3. The first-order valence-corrected chi connectivity index (χ1v) is 6.61. The highest BCUT2D eigenvalue weighted by Crippen LogP contribution is 2.45. The molecule has 0 aliphatic carbocycles. The van der Waals surface area contributed by atoms with Gasteiger partial charge in [0.25, 0.3) is 11.8 Å². The van der Waals surface area contributed by atoms with E-state index in [1.165, 1.54) is 13.2 Å². The summed E-state index contributed by atoms with van der Waals surface area (Å²) in [5.74, 6) is -0.819. The van der Waals surface area contributed by atoms with Gasteiger partial charge in [0.05, 0.1) is 7.11 Å². The maximum atomic E-state index is 12.1. The van der Waals surface area contributed by atoms with Crippen LogP contribution < -0.4 is 15.8 Å². The summed E-state index contributed by atoms with van der Waals surface area (Å²) >= 11 is 0.877. The number of ether oxygens (including phenoxy) is 1. The fourth-order valence-corrected chi connectivity index (χ4v) is 3.25. The number of nitrogens with two attached hydrogens (primary N) is 1. The molecule has 0 saturated heterocycles. The lowest BCUT2D eigenvalue weighted by Gasteiger charge is -2.25. The zero-order chi connectivity index (χ0) is 14.5. The molecule has 104 valence electrons. The highest BCUT2D eigenvalue weighted by Gasteiger charge is 2.56. The molecule has 0 spiro atoms. The van der Waals surface area contributed by atoms with Gasteiger partial charge in [0, 0.05) is 11.3 Å². The van der Waals surface area contributed by atoms with Crippen LogP contribution >= 0.6 is 11.8 Å². The summed E-state index contributed by atoms with van der Waals surface area (Å²) in [6.07, 6.45) is 0. The standard InChI is InChI=1S/C12H11N3O4S/c1-19-5-2-3-7-6(4-5)12(18,10(17)14-7)8-9(16)15-11(13)20-8/h2-4,8,18H,1H3,(H,14,17)(H2,13,15,16)/t8-,12+/m1/s1. The number of carbonyl (C=O) groups excluding carboxylic acids is 2. The lowest BCUT2D eigenvalue weighted by atomic mass is 9.91. The minimum Gasteiger partial charge on any atom is -0.497 e. The number of fused-ring (bicyclic) bond motifs is 1. The van der Waals surface area contributed by atoms with Gasteiger partial charge in [-0.2, -0.15) is 4.99 Å². The number of amides is 2. The second kappa shape index (κ2) is 4.22. The van der Waals surface area contributed by atoms with Crippen molar-refractivity contribution in [2.24, 2.45) is 10.7 Å². The van der Waals surface area contributed by atoms with E-state index in [-0.39, 0.29) is 10.7 Å². The minimum atomic E-state index is -2.00. The van der Waals surface area contributed by atoms with Crippen molar-refractivity contribution in [3.63, 3.8) is 0 Å². The quantitative estimate of drug-likeness (QED) is 0.695. The van der Waals surface area contributed by atoms with Gasteiger partial charge in [0.1, 0.15) is 11.0 Å². The molecule has 2 aliphatic rings. The summed E-state index contributed by atoms with van der Waals surface area (Å²) < 4.78 is 5.08. The number of hydrogen-bond acceptors (Lipinski definition) is 6. The molecule has 7 nitrogen and oxygen atoms in total. The van der Waals surface area contributed by atoms with Crippen LogP contribution in [0.3, 0.4) is 0 Å². The lowest BCUT2D eigenvalue weighted by Crippen LogP contribution is -2.46. The fourth-order valence-electron chi connectivity index (χ4n) is 2.30. The van der Waals surface area contributed by atoms with Crippen molar-refractivity contribution in [1.82, 2.24) is 0 Å². The molecule has 8 heteroatoms. The number of nitrogens with zero attached hydrogens (tertiary/aromatic N) is 1. The summed E-state index contributed by atoms with van der Waals surface area (Å²) in [6, 6.07) is 4.78. The van der Waals surface area contributed by atoms with Crippen LogP contribution in [-0.2, 0) is 15.2 Å². The SMILES string of the molecule is COc1ccc2c(c1)[C@](O)([C@@H]1SC(N)=NC1=O)C(=O)N2. The van der Waals surface area contributed by atoms with Crippen LogP contribution in [0.15, 0.2) is 23.2 Å². The van der Waals surface area contributed by atoms with Crippen LogP contribution in [-0.4, -0.2) is 34.4 Å². The predicted octanol–water partition coefficient (Wildman–Crippen LogP) is -0.208. The summed E-state index contributed by atoms with van der Waals surface area (Å²) in [7, 11) is 1.47. The van der Waals surface area contributed by atoms with E-state index in [2.05, 4.69) is 10.3 Å². The lowest BCUT2D eigenvalue weighted by molar-refractivity contribution is -0.138.